The first kappa shape index (κ1) is 24.3. The minimum absolute atomic E-state index is 0.224. The molecule has 0 saturated heterocycles. The van der Waals surface area contributed by atoms with Crippen molar-refractivity contribution in [3.8, 4) is 11.5 Å². The highest BCUT2D eigenvalue weighted by atomic mass is 16.6. The second-order valence-electron chi connectivity index (χ2n) is 8.53. The Hall–Kier alpha value is -3.80. The highest BCUT2D eigenvalue weighted by molar-refractivity contribution is 6.16. The molecular weight excluding hydrogens is 442 g/mol. The third-order valence-corrected chi connectivity index (χ3v) is 6.16. The number of aromatic nitrogens is 1. The first-order valence-electron chi connectivity index (χ1n) is 12.1. The van der Waals surface area contributed by atoms with Crippen LogP contribution in [0.4, 0.5) is 0 Å². The average Bonchev–Trinajstić information content (AvgIpc) is 3.13. The molecule has 182 valence electrons. The van der Waals surface area contributed by atoms with Crippen LogP contribution in [0.2, 0.25) is 0 Å². The predicted molar refractivity (Wildman–Crippen MR) is 137 cm³/mol. The molecule has 0 saturated carbocycles. The highest BCUT2D eigenvalue weighted by Crippen LogP contribution is 2.38. The van der Waals surface area contributed by atoms with E-state index in [0.29, 0.717) is 17.1 Å². The molecule has 1 aromatic heterocycles. The molecule has 0 radical (unpaired) electrons. The van der Waals surface area contributed by atoms with E-state index in [2.05, 4.69) is 11.5 Å². The second kappa shape index (κ2) is 10.6. The molecule has 6 nitrogen and oxygen atoms in total. The number of esters is 2. The maximum atomic E-state index is 13.0. The number of ether oxygens (including phenoxy) is 3. The summed E-state index contributed by atoms with van der Waals surface area (Å²) in [4.78, 5) is 25.7. The number of nitrogens with zero attached hydrogens (tertiary/aromatic N) is 1. The van der Waals surface area contributed by atoms with Gasteiger partial charge in [0.05, 0.1) is 17.7 Å². The van der Waals surface area contributed by atoms with Crippen molar-refractivity contribution < 1.29 is 23.8 Å². The Bertz CT molecular complexity index is 1390. The van der Waals surface area contributed by atoms with Gasteiger partial charge in [-0.15, -0.1) is 0 Å². The molecule has 4 rings (SSSR count). The number of hydrogen-bond donors (Lipinski definition) is 0. The number of fused-ring (bicyclic) bond motifs is 3. The lowest BCUT2D eigenvalue weighted by atomic mass is 10.0. The molecule has 3 aromatic carbocycles. The van der Waals surface area contributed by atoms with E-state index in [1.54, 1.807) is 13.0 Å². The van der Waals surface area contributed by atoms with Gasteiger partial charge in [-0.3, -0.25) is 0 Å². The maximum absolute atomic E-state index is 13.0. The van der Waals surface area contributed by atoms with Gasteiger partial charge in [-0.05, 0) is 44.9 Å². The van der Waals surface area contributed by atoms with Crippen molar-refractivity contribution in [2.75, 3.05) is 13.2 Å². The van der Waals surface area contributed by atoms with Gasteiger partial charge in [0.15, 0.2) is 6.61 Å². The lowest BCUT2D eigenvalue weighted by Crippen LogP contribution is -2.18. The minimum Gasteiger partial charge on any atom is -0.482 e. The van der Waals surface area contributed by atoms with Crippen molar-refractivity contribution in [1.82, 2.24) is 4.57 Å². The highest BCUT2D eigenvalue weighted by Gasteiger charge is 2.24. The summed E-state index contributed by atoms with van der Waals surface area (Å²) in [6, 6.07) is 17.1. The lowest BCUT2D eigenvalue weighted by Gasteiger charge is -2.13. The van der Waals surface area contributed by atoms with Gasteiger partial charge in [-0.25, -0.2) is 9.59 Å². The van der Waals surface area contributed by atoms with Gasteiger partial charge >= 0.3 is 11.9 Å². The molecule has 1 heterocycles. The van der Waals surface area contributed by atoms with Crippen LogP contribution in [0.1, 0.15) is 48.3 Å². The number of carbonyl (C=O) groups excluding carboxylic acids is 2. The largest absolute Gasteiger partial charge is 0.482 e. The van der Waals surface area contributed by atoms with Gasteiger partial charge in [0.25, 0.3) is 0 Å². The zero-order valence-electron chi connectivity index (χ0n) is 20.7. The number of hydrogen-bond acceptors (Lipinski definition) is 5. The van der Waals surface area contributed by atoms with Crippen molar-refractivity contribution in [2.45, 2.75) is 47.1 Å². The Balaban J connectivity index is 1.79. The maximum Gasteiger partial charge on any atom is 0.349 e. The Kier molecular flexibility index (Phi) is 7.39. The molecular formula is C29H31NO5. The Morgan fingerprint density at radius 2 is 1.60 bits per heavy atom. The summed E-state index contributed by atoms with van der Waals surface area (Å²) in [5, 5.41) is 2.44. The molecule has 6 heteroatoms. The summed E-state index contributed by atoms with van der Waals surface area (Å²) in [6.07, 6.45) is 2.01. The average molecular weight is 474 g/mol. The van der Waals surface area contributed by atoms with E-state index in [1.807, 2.05) is 62.4 Å². The number of aryl methyl sites for hydroxylation is 2. The van der Waals surface area contributed by atoms with Gasteiger partial charge in [0.2, 0.25) is 0 Å². The van der Waals surface area contributed by atoms with Crippen LogP contribution in [0.3, 0.4) is 0 Å². The molecule has 0 bridgehead atoms. The van der Waals surface area contributed by atoms with Gasteiger partial charge in [0.1, 0.15) is 11.5 Å². The van der Waals surface area contributed by atoms with E-state index in [4.69, 9.17) is 14.2 Å². The van der Waals surface area contributed by atoms with Crippen molar-refractivity contribution in [3.63, 3.8) is 0 Å². The molecule has 0 spiro atoms. The van der Waals surface area contributed by atoms with Crippen LogP contribution in [-0.2, 0) is 16.1 Å². The number of carbonyl (C=O) groups is 2. The molecule has 35 heavy (non-hydrogen) atoms. The Labute approximate surface area is 205 Å². The molecule has 0 atom stereocenters. The smallest absolute Gasteiger partial charge is 0.349 e. The fourth-order valence-electron chi connectivity index (χ4n) is 4.45. The summed E-state index contributed by atoms with van der Waals surface area (Å²) in [6.45, 7) is 8.64. The number of benzene rings is 3. The normalized spacial score (nSPS) is 11.1. The summed E-state index contributed by atoms with van der Waals surface area (Å²) >= 11 is 0. The molecule has 0 fully saturated rings. The summed E-state index contributed by atoms with van der Waals surface area (Å²) in [5.41, 5.74) is 3.25. The molecule has 4 aromatic rings. The number of para-hydroxylation sites is 1. The summed E-state index contributed by atoms with van der Waals surface area (Å²) < 4.78 is 19.0. The fraction of sp³-hybridized carbons (Fsp3) is 0.310. The first-order valence-corrected chi connectivity index (χ1v) is 12.1. The van der Waals surface area contributed by atoms with E-state index in [0.717, 1.165) is 52.3 Å². The SMILES string of the molecule is CCCCn1c(C)c(C(=O)OCC)c2cc(OC(=O)COc3ccccc3C)c3ccccc3c21. The van der Waals surface area contributed by atoms with Crippen LogP contribution in [0.15, 0.2) is 54.6 Å². The zero-order chi connectivity index (χ0) is 24.9. The van der Waals surface area contributed by atoms with Crippen molar-refractivity contribution in [3.05, 3.63) is 71.4 Å². The Morgan fingerprint density at radius 1 is 0.886 bits per heavy atom. The minimum atomic E-state index is -0.516. The standard InChI is InChI=1S/C29H31NO5/c1-5-7-16-30-20(4)27(29(32)33-6-2)23-17-25(21-13-9-10-14-22(21)28(23)30)35-26(31)18-34-24-15-11-8-12-19(24)3/h8-15,17H,5-7,16,18H2,1-4H3. The van der Waals surface area contributed by atoms with Crippen LogP contribution in [0.5, 0.6) is 11.5 Å². The van der Waals surface area contributed by atoms with Crippen molar-refractivity contribution >= 4 is 33.6 Å². The van der Waals surface area contributed by atoms with E-state index >= 15 is 0 Å². The summed E-state index contributed by atoms with van der Waals surface area (Å²) in [7, 11) is 0. The van der Waals surface area contributed by atoms with Gasteiger partial charge in [-0.1, -0.05) is 55.8 Å². The third kappa shape index (κ3) is 4.87. The van der Waals surface area contributed by atoms with E-state index in [1.165, 1.54) is 0 Å². The van der Waals surface area contributed by atoms with Crippen molar-refractivity contribution in [1.29, 1.82) is 0 Å². The molecule has 0 amide bonds. The van der Waals surface area contributed by atoms with Crippen LogP contribution < -0.4 is 9.47 Å². The first-order chi connectivity index (χ1) is 17.0. The predicted octanol–water partition coefficient (Wildman–Crippen LogP) is 6.37. The van der Waals surface area contributed by atoms with E-state index < -0.39 is 5.97 Å². The van der Waals surface area contributed by atoms with E-state index in [-0.39, 0.29) is 19.2 Å². The molecule has 0 aliphatic rings. The van der Waals surface area contributed by atoms with Gasteiger partial charge in [-0.2, -0.15) is 0 Å². The third-order valence-electron chi connectivity index (χ3n) is 6.16. The van der Waals surface area contributed by atoms with Crippen LogP contribution in [0.25, 0.3) is 21.7 Å². The van der Waals surface area contributed by atoms with E-state index in [9.17, 15) is 9.59 Å². The molecule has 0 aliphatic heterocycles. The molecule has 0 N–H and O–H groups in total. The van der Waals surface area contributed by atoms with Crippen LogP contribution >= 0.6 is 0 Å². The van der Waals surface area contributed by atoms with Crippen LogP contribution in [0, 0.1) is 13.8 Å². The van der Waals surface area contributed by atoms with Gasteiger partial charge in [0, 0.05) is 28.4 Å². The quantitative estimate of drug-likeness (QED) is 0.209. The van der Waals surface area contributed by atoms with Gasteiger partial charge < -0.3 is 18.8 Å². The monoisotopic (exact) mass is 473 g/mol. The fourth-order valence-corrected chi connectivity index (χ4v) is 4.45. The topological polar surface area (TPSA) is 66.8 Å². The second-order valence-corrected chi connectivity index (χ2v) is 8.53. The molecule has 0 unspecified atom stereocenters. The van der Waals surface area contributed by atoms with Crippen molar-refractivity contribution in [2.24, 2.45) is 0 Å². The van der Waals surface area contributed by atoms with Crippen LogP contribution in [-0.4, -0.2) is 29.7 Å². The zero-order valence-corrected chi connectivity index (χ0v) is 20.7. The lowest BCUT2D eigenvalue weighted by molar-refractivity contribution is -0.136. The Morgan fingerprint density at radius 3 is 2.31 bits per heavy atom. The molecule has 0 aliphatic carbocycles. The summed E-state index contributed by atoms with van der Waals surface area (Å²) in [5.74, 6) is 0.140. The number of unbranched alkanes of at least 4 members (excludes halogenated alkanes) is 1. The number of rotatable bonds is 9.